The first kappa shape index (κ1) is 19.9. The van der Waals surface area contributed by atoms with Crippen molar-refractivity contribution in [1.82, 2.24) is 9.21 Å². The topological polar surface area (TPSA) is 83.7 Å². The average Bonchev–Trinajstić information content (AvgIpc) is 2.89. The summed E-state index contributed by atoms with van der Waals surface area (Å²) in [5.41, 5.74) is 7.16. The van der Waals surface area contributed by atoms with Crippen molar-refractivity contribution in [3.05, 3.63) is 35.9 Å². The van der Waals surface area contributed by atoms with Crippen molar-refractivity contribution >= 4 is 28.3 Å². The summed E-state index contributed by atoms with van der Waals surface area (Å²) in [6, 6.07) is 9.38. The third-order valence-electron chi connectivity index (χ3n) is 4.15. The highest BCUT2D eigenvalue weighted by Gasteiger charge is 2.42. The molecule has 0 bridgehead atoms. The Hall–Kier alpha value is -1.15. The normalized spacial score (nSPS) is 23.1. The number of hydrogen-bond donors (Lipinski definition) is 1. The van der Waals surface area contributed by atoms with Crippen molar-refractivity contribution in [2.75, 3.05) is 27.2 Å². The van der Waals surface area contributed by atoms with Gasteiger partial charge in [-0.3, -0.25) is 4.79 Å². The predicted molar refractivity (Wildman–Crippen MR) is 93.1 cm³/mol. The molecule has 0 saturated carbocycles. The molecule has 6 nitrogen and oxygen atoms in total. The number of nitrogens with two attached hydrogens (primary N) is 1. The number of rotatable bonds is 4. The number of hydrogen-bond acceptors (Lipinski definition) is 4. The molecule has 0 aromatic heterocycles. The second-order valence-corrected chi connectivity index (χ2v) is 8.17. The van der Waals surface area contributed by atoms with Crippen molar-refractivity contribution in [3.8, 4) is 0 Å². The second-order valence-electron chi connectivity index (χ2n) is 5.92. The lowest BCUT2D eigenvalue weighted by Gasteiger charge is -2.23. The number of carbonyl (C=O) groups excluding carboxylic acids is 1. The van der Waals surface area contributed by atoms with Crippen LogP contribution in [-0.4, -0.2) is 62.0 Å². The molecule has 0 spiro atoms. The molecule has 1 unspecified atom stereocenters. The van der Waals surface area contributed by atoms with Crippen LogP contribution in [0.5, 0.6) is 0 Å². The number of halogens is 1. The molecule has 1 aliphatic rings. The summed E-state index contributed by atoms with van der Waals surface area (Å²) in [6.45, 7) is 1.99. The van der Waals surface area contributed by atoms with E-state index in [2.05, 4.69) is 0 Å². The van der Waals surface area contributed by atoms with Gasteiger partial charge in [0.05, 0.1) is 0 Å². The molecule has 23 heavy (non-hydrogen) atoms. The van der Waals surface area contributed by atoms with Crippen LogP contribution in [0.4, 0.5) is 0 Å². The van der Waals surface area contributed by atoms with Crippen LogP contribution >= 0.6 is 12.4 Å². The monoisotopic (exact) mass is 361 g/mol. The zero-order valence-electron chi connectivity index (χ0n) is 13.5. The van der Waals surface area contributed by atoms with E-state index in [9.17, 15) is 13.2 Å². The van der Waals surface area contributed by atoms with Gasteiger partial charge in [0, 0.05) is 39.1 Å². The zero-order chi connectivity index (χ0) is 16.5. The Balaban J connectivity index is 0.00000264. The summed E-state index contributed by atoms with van der Waals surface area (Å²) in [4.78, 5) is 13.3. The first-order valence-electron chi connectivity index (χ1n) is 7.25. The Bertz CT molecular complexity index is 637. The fraction of sp³-hybridized carbons (Fsp3) is 0.533. The molecule has 1 saturated heterocycles. The quantitative estimate of drug-likeness (QED) is 0.853. The van der Waals surface area contributed by atoms with Gasteiger partial charge in [-0.25, -0.2) is 8.42 Å². The third kappa shape index (κ3) is 4.03. The number of carbonyl (C=O) groups is 1. The molecule has 1 aromatic rings. The summed E-state index contributed by atoms with van der Waals surface area (Å²) >= 11 is 0. The lowest BCUT2D eigenvalue weighted by molar-refractivity contribution is -0.128. The predicted octanol–water partition coefficient (Wildman–Crippen LogP) is 0.641. The van der Waals surface area contributed by atoms with E-state index in [1.54, 1.807) is 14.1 Å². The van der Waals surface area contributed by atoms with E-state index >= 15 is 0 Å². The first-order chi connectivity index (χ1) is 10.2. The van der Waals surface area contributed by atoms with Crippen LogP contribution in [0.25, 0.3) is 0 Å². The summed E-state index contributed by atoms with van der Waals surface area (Å²) < 4.78 is 26.6. The Morgan fingerprint density at radius 1 is 1.26 bits per heavy atom. The second kappa shape index (κ2) is 7.61. The third-order valence-corrected chi connectivity index (χ3v) is 6.27. The molecule has 1 heterocycles. The highest BCUT2D eigenvalue weighted by atomic mass is 35.5. The largest absolute Gasteiger partial charge is 0.348 e. The van der Waals surface area contributed by atoms with E-state index in [-0.39, 0.29) is 30.9 Å². The van der Waals surface area contributed by atoms with Gasteiger partial charge in [0.15, 0.2) is 5.25 Å². The minimum absolute atomic E-state index is 0. The lowest BCUT2D eigenvalue weighted by atomic mass is 9.95. The maximum Gasteiger partial charge on any atom is 0.241 e. The molecule has 1 aliphatic heterocycles. The molecular formula is C15H24ClN3O3S. The number of amides is 1. The lowest BCUT2D eigenvalue weighted by Crippen LogP contribution is -2.45. The van der Waals surface area contributed by atoms with Crippen molar-refractivity contribution in [3.63, 3.8) is 0 Å². The van der Waals surface area contributed by atoms with Gasteiger partial charge in [-0.1, -0.05) is 30.3 Å². The number of sulfonamides is 1. The van der Waals surface area contributed by atoms with Crippen LogP contribution in [0, 0.1) is 0 Å². The minimum Gasteiger partial charge on any atom is -0.348 e. The van der Waals surface area contributed by atoms with Crippen molar-refractivity contribution < 1.29 is 13.2 Å². The van der Waals surface area contributed by atoms with Gasteiger partial charge in [-0.15, -0.1) is 12.4 Å². The van der Waals surface area contributed by atoms with Crippen LogP contribution < -0.4 is 5.73 Å². The van der Waals surface area contributed by atoms with Gasteiger partial charge in [0.25, 0.3) is 0 Å². The maximum atomic E-state index is 12.6. The minimum atomic E-state index is -3.69. The fourth-order valence-electron chi connectivity index (χ4n) is 2.77. The van der Waals surface area contributed by atoms with Gasteiger partial charge < -0.3 is 10.6 Å². The summed E-state index contributed by atoms with van der Waals surface area (Å²) in [5, 5.41) is -1.09. The first-order valence-corrected chi connectivity index (χ1v) is 8.76. The van der Waals surface area contributed by atoms with Crippen LogP contribution in [-0.2, 0) is 14.8 Å². The molecule has 8 heteroatoms. The van der Waals surface area contributed by atoms with Crippen LogP contribution in [0.3, 0.4) is 0 Å². The van der Waals surface area contributed by atoms with E-state index < -0.39 is 21.2 Å². The Labute approximate surface area is 144 Å². The summed E-state index contributed by atoms with van der Waals surface area (Å²) in [7, 11) is -0.590. The molecule has 0 radical (unpaired) electrons. The molecule has 2 rings (SSSR count). The fourth-order valence-corrected chi connectivity index (χ4v) is 4.43. The molecule has 1 aromatic carbocycles. The van der Waals surface area contributed by atoms with Crippen LogP contribution in [0.1, 0.15) is 18.4 Å². The molecule has 2 N–H and O–H groups in total. The average molecular weight is 362 g/mol. The van der Waals surface area contributed by atoms with Gasteiger partial charge in [0.2, 0.25) is 15.9 Å². The van der Waals surface area contributed by atoms with Gasteiger partial charge in [-0.05, 0) is 12.5 Å². The van der Waals surface area contributed by atoms with E-state index in [1.165, 1.54) is 16.1 Å². The molecule has 0 aliphatic carbocycles. The van der Waals surface area contributed by atoms with E-state index in [0.29, 0.717) is 6.54 Å². The Morgan fingerprint density at radius 3 is 2.35 bits per heavy atom. The van der Waals surface area contributed by atoms with Crippen LogP contribution in [0.2, 0.25) is 0 Å². The SMILES string of the molecule is CC(C(=O)N(C)C)S(=O)(=O)N1C[C@@H](N)[C@H](c2ccccc2)C1.Cl. The molecule has 1 amide bonds. The van der Waals surface area contributed by atoms with Crippen LogP contribution in [0.15, 0.2) is 30.3 Å². The molecule has 130 valence electrons. The number of benzene rings is 1. The Kier molecular flexibility index (Phi) is 6.59. The van der Waals surface area contributed by atoms with E-state index in [0.717, 1.165) is 5.56 Å². The zero-order valence-corrected chi connectivity index (χ0v) is 15.2. The molecule has 3 atom stereocenters. The van der Waals surface area contributed by atoms with E-state index in [4.69, 9.17) is 5.73 Å². The summed E-state index contributed by atoms with van der Waals surface area (Å²) in [5.74, 6) is -0.464. The van der Waals surface area contributed by atoms with Crippen molar-refractivity contribution in [2.45, 2.75) is 24.1 Å². The maximum absolute atomic E-state index is 12.6. The standard InChI is InChI=1S/C15H23N3O3S.ClH/c1-11(15(19)17(2)3)22(20,21)18-9-13(14(16)10-18)12-7-5-4-6-8-12;/h4-8,11,13-14H,9-10,16H2,1-3H3;1H/t11?,13-,14+;/m0./s1. The van der Waals surface area contributed by atoms with Crippen molar-refractivity contribution in [1.29, 1.82) is 0 Å². The smallest absolute Gasteiger partial charge is 0.241 e. The highest BCUT2D eigenvalue weighted by Crippen LogP contribution is 2.29. The highest BCUT2D eigenvalue weighted by molar-refractivity contribution is 7.90. The molecular weight excluding hydrogens is 338 g/mol. The van der Waals surface area contributed by atoms with Gasteiger partial charge >= 0.3 is 0 Å². The number of nitrogens with zero attached hydrogens (tertiary/aromatic N) is 2. The van der Waals surface area contributed by atoms with Crippen molar-refractivity contribution in [2.24, 2.45) is 5.73 Å². The Morgan fingerprint density at radius 2 is 1.83 bits per heavy atom. The van der Waals surface area contributed by atoms with E-state index in [1.807, 2.05) is 30.3 Å². The van der Waals surface area contributed by atoms with Gasteiger partial charge in [0.1, 0.15) is 0 Å². The summed E-state index contributed by atoms with van der Waals surface area (Å²) in [6.07, 6.45) is 0. The van der Waals surface area contributed by atoms with Gasteiger partial charge in [-0.2, -0.15) is 4.31 Å². The molecule has 1 fully saturated rings.